The van der Waals surface area contributed by atoms with Crippen LogP contribution in [0.25, 0.3) is 0 Å². The van der Waals surface area contributed by atoms with Crippen LogP contribution in [-0.4, -0.2) is 91.9 Å². The number of thiophene rings is 1. The molecule has 2 saturated heterocycles. The monoisotopic (exact) mass is 560 g/mol. The largest absolute Gasteiger partial charge is 0.379 e. The van der Waals surface area contributed by atoms with E-state index in [-0.39, 0.29) is 24.0 Å². The fraction of sp³-hybridized carbons (Fsp3) is 0.619. The highest BCUT2D eigenvalue weighted by molar-refractivity contribution is 14.0. The molecule has 0 spiro atoms. The molecule has 4 heterocycles. The number of morpholine rings is 1. The van der Waals surface area contributed by atoms with Gasteiger partial charge in [-0.25, -0.2) is 0 Å². The van der Waals surface area contributed by atoms with E-state index >= 15 is 0 Å². The summed E-state index contributed by atoms with van der Waals surface area (Å²) in [5.74, 6) is 0.989. The Balaban J connectivity index is 0.00000272. The molecule has 0 bridgehead atoms. The lowest BCUT2D eigenvalue weighted by Crippen LogP contribution is -2.53. The molecule has 31 heavy (non-hydrogen) atoms. The number of rotatable bonds is 6. The van der Waals surface area contributed by atoms with Gasteiger partial charge >= 0.3 is 0 Å². The molecule has 4 rings (SSSR count). The Morgan fingerprint density at radius 3 is 2.55 bits per heavy atom. The van der Waals surface area contributed by atoms with Gasteiger partial charge in [-0.3, -0.25) is 14.8 Å². The summed E-state index contributed by atoms with van der Waals surface area (Å²) in [6.07, 6.45) is 1.64. The highest BCUT2D eigenvalue weighted by Crippen LogP contribution is 2.28. The summed E-state index contributed by atoms with van der Waals surface area (Å²) >= 11 is 1.89. The maximum Gasteiger partial charge on any atom is 0.193 e. The van der Waals surface area contributed by atoms with Gasteiger partial charge in [-0.1, -0.05) is 5.16 Å². The number of aromatic nitrogens is 1. The number of piperazine rings is 1. The molecule has 172 valence electrons. The number of nitrogens with zero attached hydrogens (tertiary/aromatic N) is 5. The van der Waals surface area contributed by atoms with Gasteiger partial charge in [0.1, 0.15) is 6.26 Å². The Hall–Kier alpha value is -1.21. The first-order valence-electron chi connectivity index (χ1n) is 10.7. The molecule has 1 unspecified atom stereocenters. The molecule has 0 aliphatic carbocycles. The van der Waals surface area contributed by atoms with E-state index in [9.17, 15) is 0 Å². The molecule has 0 radical (unpaired) electrons. The predicted molar refractivity (Wildman–Crippen MR) is 134 cm³/mol. The fourth-order valence-electron chi connectivity index (χ4n) is 4.12. The fourth-order valence-corrected chi connectivity index (χ4v) is 5.13. The maximum absolute atomic E-state index is 5.57. The van der Waals surface area contributed by atoms with E-state index in [0.29, 0.717) is 6.04 Å². The van der Waals surface area contributed by atoms with E-state index in [2.05, 4.69) is 49.2 Å². The number of aliphatic imine (C=N–C) groups is 1. The summed E-state index contributed by atoms with van der Waals surface area (Å²) in [6, 6.07) is 6.77. The molecule has 10 heteroatoms. The quantitative estimate of drug-likeness (QED) is 0.331. The third-order valence-electron chi connectivity index (χ3n) is 5.79. The molecular weight excluding hydrogens is 527 g/mol. The van der Waals surface area contributed by atoms with Crippen molar-refractivity contribution in [1.82, 2.24) is 25.2 Å². The second-order valence-corrected chi connectivity index (χ2v) is 9.11. The molecule has 0 saturated carbocycles. The zero-order chi connectivity index (χ0) is 20.8. The predicted octanol–water partition coefficient (Wildman–Crippen LogP) is 2.43. The van der Waals surface area contributed by atoms with Crippen molar-refractivity contribution < 1.29 is 9.26 Å². The Bertz CT molecular complexity index is 801. The Kier molecular flexibility index (Phi) is 9.57. The van der Waals surface area contributed by atoms with E-state index in [1.54, 1.807) is 6.26 Å². The van der Waals surface area contributed by atoms with Gasteiger partial charge in [-0.2, -0.15) is 0 Å². The summed E-state index contributed by atoms with van der Waals surface area (Å²) in [5.41, 5.74) is 0.991. The lowest BCUT2D eigenvalue weighted by atomic mass is 10.2. The molecule has 0 amide bonds. The van der Waals surface area contributed by atoms with Gasteiger partial charge in [-0.05, 0) is 19.1 Å². The summed E-state index contributed by atoms with van der Waals surface area (Å²) < 4.78 is 10.5. The summed E-state index contributed by atoms with van der Waals surface area (Å²) in [6.45, 7) is 11.3. The van der Waals surface area contributed by atoms with Crippen molar-refractivity contribution in [3.05, 3.63) is 39.9 Å². The van der Waals surface area contributed by atoms with Gasteiger partial charge < -0.3 is 19.5 Å². The first-order chi connectivity index (χ1) is 14.7. The second kappa shape index (κ2) is 12.1. The minimum atomic E-state index is 0. The van der Waals surface area contributed by atoms with Crippen molar-refractivity contribution in [2.75, 3.05) is 66.1 Å². The summed E-state index contributed by atoms with van der Waals surface area (Å²) in [7, 11) is 1.88. The van der Waals surface area contributed by atoms with Crippen LogP contribution in [0.2, 0.25) is 0 Å². The van der Waals surface area contributed by atoms with Crippen LogP contribution < -0.4 is 5.32 Å². The number of nitrogens with one attached hydrogen (secondary N) is 1. The van der Waals surface area contributed by atoms with Crippen LogP contribution in [0.5, 0.6) is 0 Å². The van der Waals surface area contributed by atoms with Crippen LogP contribution in [0, 0.1) is 6.92 Å². The first-order valence-corrected chi connectivity index (χ1v) is 11.5. The van der Waals surface area contributed by atoms with Crippen LogP contribution in [0.4, 0.5) is 0 Å². The normalized spacial score (nSPS) is 19.8. The van der Waals surface area contributed by atoms with Gasteiger partial charge in [-0.15, -0.1) is 35.3 Å². The number of hydrogen-bond acceptors (Lipinski definition) is 7. The van der Waals surface area contributed by atoms with Gasteiger partial charge in [0.15, 0.2) is 5.96 Å². The highest BCUT2D eigenvalue weighted by atomic mass is 127. The van der Waals surface area contributed by atoms with Gasteiger partial charge in [0, 0.05) is 75.2 Å². The van der Waals surface area contributed by atoms with Crippen molar-refractivity contribution in [3.63, 3.8) is 0 Å². The molecule has 0 aromatic carbocycles. The van der Waals surface area contributed by atoms with Gasteiger partial charge in [0.25, 0.3) is 0 Å². The van der Waals surface area contributed by atoms with Gasteiger partial charge in [0.2, 0.25) is 0 Å². The number of ether oxygens (including phenoxy) is 1. The van der Waals surface area contributed by atoms with Crippen molar-refractivity contribution >= 4 is 41.3 Å². The molecule has 2 aromatic rings. The number of aryl methyl sites for hydroxylation is 1. The lowest BCUT2D eigenvalue weighted by molar-refractivity contribution is 0.0175. The molecule has 2 fully saturated rings. The SMILES string of the molecule is CN=C(NCC(c1ccc(C)s1)N1CCOCC1)N1CCN(Cc2ccon2)CC1.I. The molecule has 2 aliphatic rings. The van der Waals surface area contributed by atoms with Crippen molar-refractivity contribution in [2.45, 2.75) is 19.5 Å². The number of guanidine groups is 1. The Morgan fingerprint density at radius 1 is 1.16 bits per heavy atom. The van der Waals surface area contributed by atoms with Gasteiger partial charge in [0.05, 0.1) is 24.9 Å². The average Bonchev–Trinajstić information content (AvgIpc) is 3.45. The van der Waals surface area contributed by atoms with Crippen molar-refractivity contribution in [3.8, 4) is 0 Å². The Morgan fingerprint density at radius 2 is 1.94 bits per heavy atom. The number of halogens is 1. The molecule has 8 nitrogen and oxygen atoms in total. The standard InChI is InChI=1S/C21H32N6O2S.HI/c1-17-3-4-20(30-17)19(26-10-13-28-14-11-26)15-23-21(22-2)27-8-6-25(7-9-27)16-18-5-12-29-24-18;/h3-5,12,19H,6-11,13-16H2,1-2H3,(H,22,23);1H. The molecule has 1 N–H and O–H groups in total. The van der Waals surface area contributed by atoms with Crippen LogP contribution >= 0.6 is 35.3 Å². The zero-order valence-electron chi connectivity index (χ0n) is 18.3. The maximum atomic E-state index is 5.57. The minimum Gasteiger partial charge on any atom is -0.379 e. The van der Waals surface area contributed by atoms with Crippen LogP contribution in [0.15, 0.2) is 34.0 Å². The molecule has 1 atom stereocenters. The molecule has 2 aliphatic heterocycles. The van der Waals surface area contributed by atoms with E-state index in [1.165, 1.54) is 9.75 Å². The second-order valence-electron chi connectivity index (χ2n) is 7.79. The van der Waals surface area contributed by atoms with E-state index in [0.717, 1.165) is 77.2 Å². The first kappa shape index (κ1) is 24.4. The van der Waals surface area contributed by atoms with E-state index < -0.39 is 0 Å². The van der Waals surface area contributed by atoms with Crippen LogP contribution in [0.1, 0.15) is 21.5 Å². The van der Waals surface area contributed by atoms with Crippen molar-refractivity contribution in [2.24, 2.45) is 4.99 Å². The highest BCUT2D eigenvalue weighted by Gasteiger charge is 2.26. The average molecular weight is 561 g/mol. The summed E-state index contributed by atoms with van der Waals surface area (Å²) in [5, 5.41) is 7.68. The zero-order valence-corrected chi connectivity index (χ0v) is 21.5. The van der Waals surface area contributed by atoms with Crippen LogP contribution in [0.3, 0.4) is 0 Å². The Labute approximate surface area is 205 Å². The topological polar surface area (TPSA) is 69.4 Å². The smallest absolute Gasteiger partial charge is 0.193 e. The van der Waals surface area contributed by atoms with Crippen molar-refractivity contribution in [1.29, 1.82) is 0 Å². The number of hydrogen-bond donors (Lipinski definition) is 1. The third kappa shape index (κ3) is 6.64. The molecular formula is C21H33IN6O2S. The molecule has 2 aromatic heterocycles. The minimum absolute atomic E-state index is 0. The van der Waals surface area contributed by atoms with Crippen LogP contribution in [-0.2, 0) is 11.3 Å². The lowest BCUT2D eigenvalue weighted by Gasteiger charge is -2.38. The van der Waals surface area contributed by atoms with E-state index in [1.807, 2.05) is 24.5 Å². The third-order valence-corrected chi connectivity index (χ3v) is 6.89. The summed E-state index contributed by atoms with van der Waals surface area (Å²) in [4.78, 5) is 14.6. The van der Waals surface area contributed by atoms with E-state index in [4.69, 9.17) is 9.26 Å².